The van der Waals surface area contributed by atoms with Gasteiger partial charge in [0.2, 0.25) is 6.79 Å². The summed E-state index contributed by atoms with van der Waals surface area (Å²) in [5.41, 5.74) is 2.85. The maximum absolute atomic E-state index is 13.3. The molecular weight excluding hydrogens is 552 g/mol. The van der Waals surface area contributed by atoms with E-state index in [2.05, 4.69) is 22.2 Å². The topological polar surface area (TPSA) is 121 Å². The van der Waals surface area contributed by atoms with Crippen molar-refractivity contribution in [3.63, 3.8) is 0 Å². The molecule has 0 saturated carbocycles. The zero-order valence-electron chi connectivity index (χ0n) is 24.4. The molecule has 0 saturated heterocycles. The van der Waals surface area contributed by atoms with Gasteiger partial charge in [-0.3, -0.25) is 4.79 Å². The summed E-state index contributed by atoms with van der Waals surface area (Å²) in [7, 11) is 1.49. The van der Waals surface area contributed by atoms with Crippen LogP contribution in [0.25, 0.3) is 10.9 Å². The lowest BCUT2D eigenvalue weighted by molar-refractivity contribution is -0.132. The number of rotatable bonds is 12. The molecule has 5 rings (SSSR count). The van der Waals surface area contributed by atoms with Crippen molar-refractivity contribution < 1.29 is 33.3 Å². The lowest BCUT2D eigenvalue weighted by atomic mass is 10.1. The Labute approximate surface area is 249 Å². The minimum absolute atomic E-state index is 0.0606. The van der Waals surface area contributed by atoms with Crippen molar-refractivity contribution in [2.24, 2.45) is 0 Å². The Morgan fingerprint density at radius 2 is 1.86 bits per heavy atom. The highest BCUT2D eigenvalue weighted by atomic mass is 16.7. The SMILES string of the molecule is CCCCCN(Cc1ccc2c(c1Nc1ncnc3cc(OC)c(OC(C)=O)cc13)OCO2)C(=O)OCc1ccccc1. The number of fused-ring (bicyclic) bond motifs is 2. The number of nitrogens with one attached hydrogen (secondary N) is 1. The smallest absolute Gasteiger partial charge is 0.410 e. The van der Waals surface area contributed by atoms with E-state index in [9.17, 15) is 9.59 Å². The lowest BCUT2D eigenvalue weighted by Gasteiger charge is -2.24. The monoisotopic (exact) mass is 586 g/mol. The summed E-state index contributed by atoms with van der Waals surface area (Å²) in [6, 6.07) is 16.6. The molecule has 1 N–H and O–H groups in total. The summed E-state index contributed by atoms with van der Waals surface area (Å²) >= 11 is 0. The fourth-order valence-electron chi connectivity index (χ4n) is 4.76. The maximum Gasteiger partial charge on any atom is 0.410 e. The Balaban J connectivity index is 1.48. The van der Waals surface area contributed by atoms with Crippen LogP contribution in [0.15, 0.2) is 60.9 Å². The first-order valence-corrected chi connectivity index (χ1v) is 14.1. The van der Waals surface area contributed by atoms with Gasteiger partial charge < -0.3 is 33.9 Å². The normalized spacial score (nSPS) is 11.7. The van der Waals surface area contributed by atoms with Crippen molar-refractivity contribution in [1.82, 2.24) is 14.9 Å². The Hall–Kier alpha value is -5.06. The fraction of sp³-hybridized carbons (Fsp3) is 0.312. The molecule has 224 valence electrons. The molecule has 1 aliphatic rings. The number of carbonyl (C=O) groups excluding carboxylic acids is 2. The van der Waals surface area contributed by atoms with E-state index >= 15 is 0 Å². The average molecular weight is 587 g/mol. The van der Waals surface area contributed by atoms with Crippen LogP contribution in [-0.4, -0.2) is 47.4 Å². The molecule has 0 radical (unpaired) electrons. The van der Waals surface area contributed by atoms with Crippen molar-refractivity contribution in [3.05, 3.63) is 72.1 Å². The van der Waals surface area contributed by atoms with E-state index in [-0.39, 0.29) is 25.7 Å². The van der Waals surface area contributed by atoms with Crippen molar-refractivity contribution in [3.8, 4) is 23.0 Å². The van der Waals surface area contributed by atoms with Crippen molar-refractivity contribution in [1.29, 1.82) is 0 Å². The summed E-state index contributed by atoms with van der Waals surface area (Å²) in [6.07, 6.45) is 3.85. The molecule has 0 bridgehead atoms. The first-order chi connectivity index (χ1) is 21.0. The third-order valence-corrected chi connectivity index (χ3v) is 6.90. The van der Waals surface area contributed by atoms with E-state index in [0.29, 0.717) is 46.2 Å². The Kier molecular flexibility index (Phi) is 9.40. The molecule has 0 spiro atoms. The number of hydrogen-bond donors (Lipinski definition) is 1. The van der Waals surface area contributed by atoms with Gasteiger partial charge in [0.05, 0.1) is 24.9 Å². The van der Waals surface area contributed by atoms with Crippen LogP contribution in [0.3, 0.4) is 0 Å². The number of hydrogen-bond acceptors (Lipinski definition) is 10. The van der Waals surface area contributed by atoms with Crippen LogP contribution in [0.5, 0.6) is 23.0 Å². The number of esters is 1. The van der Waals surface area contributed by atoms with E-state index in [0.717, 1.165) is 30.4 Å². The van der Waals surface area contributed by atoms with Gasteiger partial charge in [-0.05, 0) is 29.7 Å². The minimum atomic E-state index is -0.486. The molecule has 0 aliphatic carbocycles. The largest absolute Gasteiger partial charge is 0.493 e. The molecular formula is C32H34N4O7. The molecule has 1 aliphatic heterocycles. The minimum Gasteiger partial charge on any atom is -0.493 e. The van der Waals surface area contributed by atoms with Gasteiger partial charge in [0.15, 0.2) is 23.0 Å². The van der Waals surface area contributed by atoms with Crippen LogP contribution in [0, 0.1) is 0 Å². The molecule has 11 heteroatoms. The van der Waals surface area contributed by atoms with Crippen molar-refractivity contribution in [2.45, 2.75) is 46.3 Å². The fourth-order valence-corrected chi connectivity index (χ4v) is 4.76. The number of benzene rings is 3. The summed E-state index contributed by atoms with van der Waals surface area (Å²) in [6.45, 7) is 4.45. The molecule has 3 aromatic carbocycles. The molecule has 0 unspecified atom stereocenters. The van der Waals surface area contributed by atoms with Crippen LogP contribution in [0.1, 0.15) is 44.2 Å². The van der Waals surface area contributed by atoms with Crippen molar-refractivity contribution >= 4 is 34.5 Å². The molecule has 0 atom stereocenters. The predicted molar refractivity (Wildman–Crippen MR) is 160 cm³/mol. The number of ether oxygens (including phenoxy) is 5. The van der Waals surface area contributed by atoms with Crippen molar-refractivity contribution in [2.75, 3.05) is 25.8 Å². The number of nitrogens with zero attached hydrogens (tertiary/aromatic N) is 3. The Morgan fingerprint density at radius 1 is 1.02 bits per heavy atom. The number of carbonyl (C=O) groups is 2. The molecule has 43 heavy (non-hydrogen) atoms. The third-order valence-electron chi connectivity index (χ3n) is 6.90. The quantitative estimate of drug-likeness (QED) is 0.114. The highest BCUT2D eigenvalue weighted by Crippen LogP contribution is 2.44. The van der Waals surface area contributed by atoms with Gasteiger partial charge in [0, 0.05) is 24.9 Å². The summed E-state index contributed by atoms with van der Waals surface area (Å²) in [4.78, 5) is 35.6. The zero-order valence-corrected chi connectivity index (χ0v) is 24.4. The summed E-state index contributed by atoms with van der Waals surface area (Å²) < 4.78 is 28.0. The van der Waals surface area contributed by atoms with Crippen LogP contribution in [0.2, 0.25) is 0 Å². The van der Waals surface area contributed by atoms with Gasteiger partial charge in [-0.25, -0.2) is 14.8 Å². The molecule has 11 nitrogen and oxygen atoms in total. The standard InChI is InChI=1S/C32H34N4O7/c1-4-5-9-14-36(32(38)40-18-22-10-7-6-8-11-22)17-23-12-13-26-30(42-20-41-26)29(23)35-31-24-15-28(43-21(2)37)27(39-3)16-25(24)33-19-34-31/h6-8,10-13,15-16,19H,4-5,9,14,17-18,20H2,1-3H3,(H,33,34,35). The second-order valence-corrected chi connectivity index (χ2v) is 9.96. The number of aromatic nitrogens is 2. The highest BCUT2D eigenvalue weighted by Gasteiger charge is 2.25. The van der Waals surface area contributed by atoms with Gasteiger partial charge in [-0.15, -0.1) is 0 Å². The van der Waals surface area contributed by atoms with E-state index in [1.807, 2.05) is 42.5 Å². The second-order valence-electron chi connectivity index (χ2n) is 9.96. The Bertz CT molecular complexity index is 1600. The lowest BCUT2D eigenvalue weighted by Crippen LogP contribution is -2.32. The number of methoxy groups -OCH3 is 1. The summed E-state index contributed by atoms with van der Waals surface area (Å²) in [5, 5.41) is 3.97. The van der Waals surface area contributed by atoms with Gasteiger partial charge >= 0.3 is 12.1 Å². The number of amides is 1. The Morgan fingerprint density at radius 3 is 2.63 bits per heavy atom. The van der Waals surface area contributed by atoms with E-state index < -0.39 is 12.1 Å². The van der Waals surface area contributed by atoms with Crippen LogP contribution in [0.4, 0.5) is 16.3 Å². The molecule has 1 amide bonds. The molecule has 2 heterocycles. The van der Waals surface area contributed by atoms with E-state index in [1.54, 1.807) is 17.0 Å². The zero-order chi connectivity index (χ0) is 30.2. The number of unbranched alkanes of at least 4 members (excludes halogenated alkanes) is 2. The van der Waals surface area contributed by atoms with Crippen LogP contribution >= 0.6 is 0 Å². The summed E-state index contributed by atoms with van der Waals surface area (Å²) in [5.74, 6) is 1.62. The predicted octanol–water partition coefficient (Wildman–Crippen LogP) is 6.37. The van der Waals surface area contributed by atoms with Gasteiger partial charge in [0.1, 0.15) is 18.8 Å². The average Bonchev–Trinajstić information content (AvgIpc) is 3.50. The van der Waals surface area contributed by atoms with E-state index in [4.69, 9.17) is 23.7 Å². The van der Waals surface area contributed by atoms with Gasteiger partial charge in [-0.1, -0.05) is 56.2 Å². The third kappa shape index (κ3) is 7.06. The second kappa shape index (κ2) is 13.7. The maximum atomic E-state index is 13.3. The molecule has 1 aromatic heterocycles. The van der Waals surface area contributed by atoms with Crippen LogP contribution < -0.4 is 24.3 Å². The van der Waals surface area contributed by atoms with E-state index in [1.165, 1.54) is 20.4 Å². The van der Waals surface area contributed by atoms with Gasteiger partial charge in [-0.2, -0.15) is 0 Å². The van der Waals surface area contributed by atoms with Crippen LogP contribution in [-0.2, 0) is 22.7 Å². The first-order valence-electron chi connectivity index (χ1n) is 14.1. The molecule has 0 fully saturated rings. The first kappa shape index (κ1) is 29.4. The molecule has 4 aromatic rings. The van der Waals surface area contributed by atoms with Gasteiger partial charge in [0.25, 0.3) is 0 Å². The highest BCUT2D eigenvalue weighted by molar-refractivity contribution is 5.94. The number of anilines is 2.